The molecule has 25 heavy (non-hydrogen) atoms. The van der Waals surface area contributed by atoms with Crippen molar-refractivity contribution in [3.05, 3.63) is 66.2 Å². The van der Waals surface area contributed by atoms with Crippen LogP contribution >= 0.6 is 0 Å². The molecule has 0 bridgehead atoms. The van der Waals surface area contributed by atoms with Gasteiger partial charge in [0.25, 0.3) is 0 Å². The molecule has 1 aliphatic heterocycles. The molecule has 0 aliphatic carbocycles. The van der Waals surface area contributed by atoms with E-state index in [9.17, 15) is 4.79 Å². The highest BCUT2D eigenvalue weighted by atomic mass is 16.5. The fourth-order valence-electron chi connectivity index (χ4n) is 3.26. The van der Waals surface area contributed by atoms with Gasteiger partial charge in [-0.15, -0.1) is 0 Å². The number of nitrogens with one attached hydrogen (secondary N) is 1. The van der Waals surface area contributed by atoms with E-state index in [1.54, 1.807) is 0 Å². The number of carbonyl (C=O) groups excluding carboxylic acids is 1. The molecule has 1 fully saturated rings. The summed E-state index contributed by atoms with van der Waals surface area (Å²) in [5.74, 6) is -0.343. The molecule has 1 N–H and O–H groups in total. The number of para-hydroxylation sites is 1. The minimum atomic E-state index is -0.233. The number of anilines is 1. The third-order valence-electron chi connectivity index (χ3n) is 4.65. The van der Waals surface area contributed by atoms with Crippen LogP contribution in [-0.2, 0) is 9.53 Å². The van der Waals surface area contributed by atoms with Crippen molar-refractivity contribution in [2.45, 2.75) is 24.9 Å². The van der Waals surface area contributed by atoms with Crippen molar-refractivity contribution in [3.63, 3.8) is 0 Å². The Hall–Kier alpha value is -2.33. The Morgan fingerprint density at radius 1 is 1.16 bits per heavy atom. The SMILES string of the molecule is CN1CCC(OC(=O)C(CCNc2ccccc2)c2ccccc2)C1. The monoisotopic (exact) mass is 338 g/mol. The van der Waals surface area contributed by atoms with E-state index in [0.29, 0.717) is 6.42 Å². The normalized spacial score (nSPS) is 18.7. The van der Waals surface area contributed by atoms with Gasteiger partial charge < -0.3 is 15.0 Å². The van der Waals surface area contributed by atoms with Gasteiger partial charge in [0.15, 0.2) is 0 Å². The Bertz CT molecular complexity index is 660. The molecule has 2 unspecified atom stereocenters. The van der Waals surface area contributed by atoms with Crippen LogP contribution in [0.15, 0.2) is 60.7 Å². The van der Waals surface area contributed by atoms with Gasteiger partial charge in [-0.1, -0.05) is 48.5 Å². The fraction of sp³-hybridized carbons (Fsp3) is 0.381. The molecule has 2 atom stereocenters. The number of hydrogen-bond acceptors (Lipinski definition) is 4. The number of ether oxygens (including phenoxy) is 1. The number of carbonyl (C=O) groups is 1. The molecule has 0 amide bonds. The van der Waals surface area contributed by atoms with Crippen LogP contribution in [0.5, 0.6) is 0 Å². The maximum atomic E-state index is 12.8. The molecule has 1 aliphatic rings. The molecule has 1 saturated heterocycles. The zero-order valence-electron chi connectivity index (χ0n) is 14.7. The van der Waals surface area contributed by atoms with Crippen LogP contribution in [0.3, 0.4) is 0 Å². The molecule has 0 radical (unpaired) electrons. The van der Waals surface area contributed by atoms with Gasteiger partial charge in [-0.2, -0.15) is 0 Å². The van der Waals surface area contributed by atoms with E-state index in [-0.39, 0.29) is 18.0 Å². The zero-order valence-corrected chi connectivity index (χ0v) is 14.7. The molecule has 1 heterocycles. The number of benzene rings is 2. The molecule has 3 rings (SSSR count). The minimum absolute atomic E-state index is 0.0193. The third-order valence-corrected chi connectivity index (χ3v) is 4.65. The summed E-state index contributed by atoms with van der Waals surface area (Å²) in [6, 6.07) is 20.0. The molecule has 0 aromatic heterocycles. The largest absolute Gasteiger partial charge is 0.460 e. The standard InChI is InChI=1S/C21H26N2O2/c1-23-15-13-19(16-23)25-21(24)20(17-8-4-2-5-9-17)12-14-22-18-10-6-3-7-11-18/h2-11,19-20,22H,12-16H2,1H3. The second-order valence-corrected chi connectivity index (χ2v) is 6.65. The lowest BCUT2D eigenvalue weighted by Gasteiger charge is -2.20. The first-order valence-electron chi connectivity index (χ1n) is 8.95. The fourth-order valence-corrected chi connectivity index (χ4v) is 3.26. The highest BCUT2D eigenvalue weighted by Gasteiger charge is 2.28. The van der Waals surface area contributed by atoms with Crippen LogP contribution in [0.4, 0.5) is 5.69 Å². The van der Waals surface area contributed by atoms with Crippen molar-refractivity contribution in [3.8, 4) is 0 Å². The smallest absolute Gasteiger partial charge is 0.313 e. The average molecular weight is 338 g/mol. The number of likely N-dealkylation sites (tertiary alicyclic amines) is 1. The molecule has 2 aromatic carbocycles. The molecular formula is C21H26N2O2. The van der Waals surface area contributed by atoms with Crippen LogP contribution in [0.25, 0.3) is 0 Å². The Labute approximate surface area is 149 Å². The number of nitrogens with zero attached hydrogens (tertiary/aromatic N) is 1. The summed E-state index contributed by atoms with van der Waals surface area (Å²) in [7, 11) is 2.06. The number of esters is 1. The zero-order chi connectivity index (χ0) is 17.5. The number of likely N-dealkylation sites (N-methyl/N-ethyl adjacent to an activating group) is 1. The van der Waals surface area contributed by atoms with Crippen LogP contribution in [0, 0.1) is 0 Å². The van der Waals surface area contributed by atoms with Gasteiger partial charge >= 0.3 is 5.97 Å². The molecule has 4 nitrogen and oxygen atoms in total. The maximum absolute atomic E-state index is 12.8. The lowest BCUT2D eigenvalue weighted by molar-refractivity contribution is -0.150. The Kier molecular flexibility index (Phi) is 6.07. The minimum Gasteiger partial charge on any atom is -0.460 e. The van der Waals surface area contributed by atoms with Crippen LogP contribution in [0.2, 0.25) is 0 Å². The van der Waals surface area contributed by atoms with E-state index in [0.717, 1.165) is 37.3 Å². The summed E-state index contributed by atoms with van der Waals surface area (Å²) in [4.78, 5) is 15.0. The summed E-state index contributed by atoms with van der Waals surface area (Å²) >= 11 is 0. The molecule has 0 saturated carbocycles. The molecule has 2 aromatic rings. The molecule has 132 valence electrons. The Balaban J connectivity index is 1.62. The van der Waals surface area contributed by atoms with Crippen molar-refractivity contribution in [2.24, 2.45) is 0 Å². The van der Waals surface area contributed by atoms with E-state index in [1.807, 2.05) is 60.7 Å². The highest BCUT2D eigenvalue weighted by molar-refractivity contribution is 5.78. The number of rotatable bonds is 7. The summed E-state index contributed by atoms with van der Waals surface area (Å²) < 4.78 is 5.79. The quantitative estimate of drug-likeness (QED) is 0.784. The molecule has 4 heteroatoms. The number of hydrogen-bond donors (Lipinski definition) is 1. The average Bonchev–Trinajstić information content (AvgIpc) is 3.05. The summed E-state index contributed by atoms with van der Waals surface area (Å²) in [6.07, 6.45) is 1.65. The summed E-state index contributed by atoms with van der Waals surface area (Å²) in [5.41, 5.74) is 2.09. The first kappa shape index (κ1) is 17.5. The van der Waals surface area contributed by atoms with E-state index >= 15 is 0 Å². The predicted octanol–water partition coefficient (Wildman–Crippen LogP) is 3.52. The summed E-state index contributed by atoms with van der Waals surface area (Å²) in [6.45, 7) is 2.54. The van der Waals surface area contributed by atoms with E-state index in [1.165, 1.54) is 0 Å². The van der Waals surface area contributed by atoms with Gasteiger partial charge in [-0.25, -0.2) is 0 Å². The maximum Gasteiger partial charge on any atom is 0.313 e. The van der Waals surface area contributed by atoms with Crippen LogP contribution in [0.1, 0.15) is 24.3 Å². The Morgan fingerprint density at radius 3 is 2.48 bits per heavy atom. The second kappa shape index (κ2) is 8.67. The second-order valence-electron chi connectivity index (χ2n) is 6.65. The van der Waals surface area contributed by atoms with E-state index < -0.39 is 0 Å². The third kappa shape index (κ3) is 5.07. The topological polar surface area (TPSA) is 41.6 Å². The molecular weight excluding hydrogens is 312 g/mol. The van der Waals surface area contributed by atoms with Gasteiger partial charge in [0.1, 0.15) is 6.10 Å². The van der Waals surface area contributed by atoms with Crippen LogP contribution in [-0.4, -0.2) is 43.7 Å². The van der Waals surface area contributed by atoms with E-state index in [2.05, 4.69) is 17.3 Å². The lowest BCUT2D eigenvalue weighted by atomic mass is 9.95. The first-order valence-corrected chi connectivity index (χ1v) is 8.95. The van der Waals surface area contributed by atoms with Crippen molar-refractivity contribution in [1.29, 1.82) is 0 Å². The van der Waals surface area contributed by atoms with Crippen molar-refractivity contribution >= 4 is 11.7 Å². The first-order chi connectivity index (χ1) is 12.2. The van der Waals surface area contributed by atoms with Crippen molar-refractivity contribution in [1.82, 2.24) is 4.90 Å². The van der Waals surface area contributed by atoms with Gasteiger partial charge in [0, 0.05) is 25.3 Å². The van der Waals surface area contributed by atoms with Crippen LogP contribution < -0.4 is 5.32 Å². The van der Waals surface area contributed by atoms with Gasteiger partial charge in [-0.05, 0) is 37.6 Å². The van der Waals surface area contributed by atoms with Gasteiger partial charge in [-0.3, -0.25) is 4.79 Å². The lowest BCUT2D eigenvalue weighted by Crippen LogP contribution is -2.26. The van der Waals surface area contributed by atoms with Gasteiger partial charge in [0.05, 0.1) is 5.92 Å². The van der Waals surface area contributed by atoms with Gasteiger partial charge in [0.2, 0.25) is 0 Å². The highest BCUT2D eigenvalue weighted by Crippen LogP contribution is 2.24. The van der Waals surface area contributed by atoms with Crippen molar-refractivity contribution < 1.29 is 9.53 Å². The predicted molar refractivity (Wildman–Crippen MR) is 101 cm³/mol. The summed E-state index contributed by atoms with van der Waals surface area (Å²) in [5, 5.41) is 3.38. The van der Waals surface area contributed by atoms with Crippen molar-refractivity contribution in [2.75, 3.05) is 32.0 Å². The Morgan fingerprint density at radius 2 is 1.84 bits per heavy atom. The van der Waals surface area contributed by atoms with E-state index in [4.69, 9.17) is 4.74 Å². The molecule has 0 spiro atoms.